The number of hydrogen-bond donors (Lipinski definition) is 1. The van der Waals surface area contributed by atoms with E-state index < -0.39 is 5.97 Å². The molecule has 1 saturated heterocycles. The monoisotopic (exact) mass is 235 g/mol. The third-order valence-corrected chi connectivity index (χ3v) is 2.91. The van der Waals surface area contributed by atoms with Gasteiger partial charge in [0.05, 0.1) is 7.11 Å². The van der Waals surface area contributed by atoms with E-state index in [9.17, 15) is 4.79 Å². The van der Waals surface area contributed by atoms with Gasteiger partial charge in [-0.05, 0) is 25.0 Å². The second-order valence-electron chi connectivity index (χ2n) is 4.22. The number of hydrogen-bond acceptors (Lipinski definition) is 5. The molecule has 17 heavy (non-hydrogen) atoms. The summed E-state index contributed by atoms with van der Waals surface area (Å²) >= 11 is 0. The third-order valence-electron chi connectivity index (χ3n) is 2.91. The summed E-state index contributed by atoms with van der Waals surface area (Å²) in [6.07, 6.45) is 2.11. The van der Waals surface area contributed by atoms with Crippen molar-refractivity contribution in [2.75, 3.05) is 25.1 Å². The first-order valence-corrected chi connectivity index (χ1v) is 5.76. The molecule has 1 aliphatic rings. The molecule has 5 nitrogen and oxygen atoms in total. The van der Waals surface area contributed by atoms with E-state index in [1.807, 2.05) is 12.1 Å². The fourth-order valence-corrected chi connectivity index (χ4v) is 2.04. The minimum atomic E-state index is -0.409. The van der Waals surface area contributed by atoms with E-state index in [1.54, 1.807) is 6.07 Å². The van der Waals surface area contributed by atoms with E-state index in [4.69, 9.17) is 5.73 Å². The van der Waals surface area contributed by atoms with Gasteiger partial charge >= 0.3 is 5.97 Å². The molecule has 2 heterocycles. The van der Waals surface area contributed by atoms with Gasteiger partial charge in [0.15, 0.2) is 5.69 Å². The van der Waals surface area contributed by atoms with Crippen LogP contribution in [0.2, 0.25) is 0 Å². The lowest BCUT2D eigenvalue weighted by atomic mass is 10.1. The standard InChI is InChI=1S/C12H17N3O2/c1-17-12(16)10-5-2-6-11(14-10)15-7-3-4-9(13)8-15/h2,5-6,9H,3-4,7-8,13H2,1H3/t9-/m0/s1. The summed E-state index contributed by atoms with van der Waals surface area (Å²) in [5.74, 6) is 0.385. The van der Waals surface area contributed by atoms with Crippen LogP contribution in [0.5, 0.6) is 0 Å². The predicted molar refractivity (Wildman–Crippen MR) is 65.0 cm³/mol. The van der Waals surface area contributed by atoms with E-state index in [0.717, 1.165) is 31.7 Å². The van der Waals surface area contributed by atoms with Crippen LogP contribution in [0.4, 0.5) is 5.82 Å². The van der Waals surface area contributed by atoms with E-state index in [-0.39, 0.29) is 6.04 Å². The molecule has 92 valence electrons. The van der Waals surface area contributed by atoms with Crippen LogP contribution in [0, 0.1) is 0 Å². The van der Waals surface area contributed by atoms with Gasteiger partial charge in [0.1, 0.15) is 5.82 Å². The van der Waals surface area contributed by atoms with Crippen molar-refractivity contribution in [3.63, 3.8) is 0 Å². The van der Waals surface area contributed by atoms with Crippen LogP contribution >= 0.6 is 0 Å². The summed E-state index contributed by atoms with van der Waals surface area (Å²) in [4.78, 5) is 17.8. The van der Waals surface area contributed by atoms with Crippen molar-refractivity contribution in [1.29, 1.82) is 0 Å². The quantitative estimate of drug-likeness (QED) is 0.768. The van der Waals surface area contributed by atoms with Crippen LogP contribution in [0.1, 0.15) is 23.3 Å². The number of esters is 1. The van der Waals surface area contributed by atoms with Crippen molar-refractivity contribution < 1.29 is 9.53 Å². The molecule has 0 aromatic carbocycles. The van der Waals surface area contributed by atoms with E-state index in [2.05, 4.69) is 14.6 Å². The van der Waals surface area contributed by atoms with Gasteiger partial charge in [-0.1, -0.05) is 6.07 Å². The summed E-state index contributed by atoms with van der Waals surface area (Å²) in [5.41, 5.74) is 6.26. The molecule has 1 aromatic heterocycles. The number of piperidine rings is 1. The molecule has 2 rings (SSSR count). The molecule has 5 heteroatoms. The number of nitrogens with two attached hydrogens (primary N) is 1. The Labute approximate surface area is 101 Å². The molecule has 1 atom stereocenters. The van der Waals surface area contributed by atoms with Crippen LogP contribution in [-0.2, 0) is 4.74 Å². The Morgan fingerprint density at radius 2 is 2.41 bits per heavy atom. The highest BCUT2D eigenvalue weighted by atomic mass is 16.5. The lowest BCUT2D eigenvalue weighted by Crippen LogP contribution is -2.43. The molecular formula is C12H17N3O2. The lowest BCUT2D eigenvalue weighted by Gasteiger charge is -2.31. The smallest absolute Gasteiger partial charge is 0.356 e. The van der Waals surface area contributed by atoms with E-state index in [1.165, 1.54) is 7.11 Å². The number of methoxy groups -OCH3 is 1. The normalized spacial score (nSPS) is 20.1. The van der Waals surface area contributed by atoms with Crippen LogP contribution in [0.3, 0.4) is 0 Å². The van der Waals surface area contributed by atoms with Crippen LogP contribution in [0.15, 0.2) is 18.2 Å². The molecule has 1 aliphatic heterocycles. The number of rotatable bonds is 2. The lowest BCUT2D eigenvalue weighted by molar-refractivity contribution is 0.0594. The molecular weight excluding hydrogens is 218 g/mol. The Bertz CT molecular complexity index is 408. The Morgan fingerprint density at radius 3 is 3.12 bits per heavy atom. The molecule has 0 amide bonds. The topological polar surface area (TPSA) is 68.5 Å². The predicted octanol–water partition coefficient (Wildman–Crippen LogP) is 0.796. The summed E-state index contributed by atoms with van der Waals surface area (Å²) < 4.78 is 4.66. The Balaban J connectivity index is 2.17. The average molecular weight is 235 g/mol. The SMILES string of the molecule is COC(=O)c1cccc(N2CCC[C@H](N)C2)n1. The maximum Gasteiger partial charge on any atom is 0.356 e. The highest BCUT2D eigenvalue weighted by Gasteiger charge is 2.18. The first kappa shape index (κ1) is 11.9. The van der Waals surface area contributed by atoms with Crippen molar-refractivity contribution in [3.8, 4) is 0 Å². The molecule has 0 spiro atoms. The average Bonchev–Trinajstić information content (AvgIpc) is 2.38. The highest BCUT2D eigenvalue weighted by Crippen LogP contribution is 2.17. The summed E-state index contributed by atoms with van der Waals surface area (Å²) in [6, 6.07) is 5.55. The zero-order valence-corrected chi connectivity index (χ0v) is 9.93. The van der Waals surface area contributed by atoms with Gasteiger partial charge in [-0.15, -0.1) is 0 Å². The van der Waals surface area contributed by atoms with E-state index in [0.29, 0.717) is 5.69 Å². The minimum Gasteiger partial charge on any atom is -0.464 e. The van der Waals surface area contributed by atoms with Gasteiger partial charge in [0.2, 0.25) is 0 Å². The van der Waals surface area contributed by atoms with E-state index >= 15 is 0 Å². The summed E-state index contributed by atoms with van der Waals surface area (Å²) in [6.45, 7) is 1.73. The minimum absolute atomic E-state index is 0.187. The van der Waals surface area contributed by atoms with Gasteiger partial charge in [0.25, 0.3) is 0 Å². The number of anilines is 1. The van der Waals surface area contributed by atoms with Gasteiger partial charge in [-0.25, -0.2) is 9.78 Å². The molecule has 1 fully saturated rings. The largest absolute Gasteiger partial charge is 0.464 e. The van der Waals surface area contributed by atoms with Crippen molar-refractivity contribution in [2.45, 2.75) is 18.9 Å². The molecule has 1 aromatic rings. The van der Waals surface area contributed by atoms with Crippen LogP contribution in [0.25, 0.3) is 0 Å². The van der Waals surface area contributed by atoms with Gasteiger partial charge in [-0.3, -0.25) is 0 Å². The Kier molecular flexibility index (Phi) is 3.58. The fourth-order valence-electron chi connectivity index (χ4n) is 2.04. The van der Waals surface area contributed by atoms with Gasteiger partial charge < -0.3 is 15.4 Å². The maximum atomic E-state index is 11.4. The maximum absolute atomic E-state index is 11.4. The molecule has 0 bridgehead atoms. The number of carbonyl (C=O) groups is 1. The zero-order valence-electron chi connectivity index (χ0n) is 9.93. The molecule has 2 N–H and O–H groups in total. The Morgan fingerprint density at radius 1 is 1.59 bits per heavy atom. The number of ether oxygens (including phenoxy) is 1. The van der Waals surface area contributed by atoms with Crippen molar-refractivity contribution >= 4 is 11.8 Å². The fraction of sp³-hybridized carbons (Fsp3) is 0.500. The number of aromatic nitrogens is 1. The van der Waals surface area contributed by atoms with Crippen LogP contribution in [-0.4, -0.2) is 37.2 Å². The molecule has 0 saturated carbocycles. The molecule has 0 aliphatic carbocycles. The van der Waals surface area contributed by atoms with Gasteiger partial charge in [-0.2, -0.15) is 0 Å². The zero-order chi connectivity index (χ0) is 12.3. The van der Waals surface area contributed by atoms with Crippen molar-refractivity contribution in [3.05, 3.63) is 23.9 Å². The summed E-state index contributed by atoms with van der Waals surface area (Å²) in [7, 11) is 1.35. The highest BCUT2D eigenvalue weighted by molar-refractivity contribution is 5.87. The molecule has 0 unspecified atom stereocenters. The summed E-state index contributed by atoms with van der Waals surface area (Å²) in [5, 5.41) is 0. The number of carbonyl (C=O) groups excluding carboxylic acids is 1. The number of nitrogens with zero attached hydrogens (tertiary/aromatic N) is 2. The second kappa shape index (κ2) is 5.14. The van der Waals surface area contributed by atoms with Crippen molar-refractivity contribution in [1.82, 2.24) is 4.98 Å². The first-order valence-electron chi connectivity index (χ1n) is 5.76. The molecule has 0 radical (unpaired) electrons. The van der Waals surface area contributed by atoms with Crippen LogP contribution < -0.4 is 10.6 Å². The first-order chi connectivity index (χ1) is 8.20. The second-order valence-corrected chi connectivity index (χ2v) is 4.22. The van der Waals surface area contributed by atoms with Gasteiger partial charge in [0, 0.05) is 19.1 Å². The third kappa shape index (κ3) is 2.74. The number of pyridine rings is 1. The van der Waals surface area contributed by atoms with Crippen molar-refractivity contribution in [2.24, 2.45) is 5.73 Å². The Hall–Kier alpha value is -1.62.